The molecule has 0 bridgehead atoms. The van der Waals surface area contributed by atoms with Gasteiger partial charge in [-0.15, -0.1) is 11.3 Å². The third-order valence-electron chi connectivity index (χ3n) is 5.86. The summed E-state index contributed by atoms with van der Waals surface area (Å²) >= 11 is 1.40. The number of carboxylic acids is 1. The maximum absolute atomic E-state index is 14.0. The lowest BCUT2D eigenvalue weighted by Crippen LogP contribution is -2.07. The van der Waals surface area contributed by atoms with E-state index < -0.39 is 5.97 Å². The Labute approximate surface area is 207 Å². The van der Waals surface area contributed by atoms with Crippen molar-refractivity contribution in [2.75, 3.05) is 11.9 Å². The van der Waals surface area contributed by atoms with E-state index in [-0.39, 0.29) is 12.2 Å². The van der Waals surface area contributed by atoms with Crippen molar-refractivity contribution in [2.24, 2.45) is 0 Å². The number of thiophene rings is 1. The summed E-state index contributed by atoms with van der Waals surface area (Å²) in [5.74, 6) is -0.509. The van der Waals surface area contributed by atoms with Gasteiger partial charge in [-0.2, -0.15) is 5.26 Å². The van der Waals surface area contributed by atoms with E-state index in [4.69, 9.17) is 0 Å². The fraction of sp³-hybridized carbons (Fsp3) is 0.259. The topological polar surface area (TPSA) is 98.9 Å². The quantitative estimate of drug-likeness (QED) is 0.304. The van der Waals surface area contributed by atoms with Crippen LogP contribution in [-0.2, 0) is 24.1 Å². The van der Waals surface area contributed by atoms with E-state index in [2.05, 4.69) is 28.3 Å². The molecule has 2 aromatic heterocycles. The molecule has 2 N–H and O–H groups in total. The molecule has 4 rings (SSSR count). The molecule has 0 atom stereocenters. The molecule has 35 heavy (non-hydrogen) atoms. The molecule has 8 heteroatoms. The molecule has 6 nitrogen and oxygen atoms in total. The van der Waals surface area contributed by atoms with Crippen LogP contribution in [0.2, 0.25) is 0 Å². The Morgan fingerprint density at radius 3 is 2.74 bits per heavy atom. The zero-order valence-electron chi connectivity index (χ0n) is 19.6. The summed E-state index contributed by atoms with van der Waals surface area (Å²) in [5.41, 5.74) is 5.13. The Hall–Kier alpha value is -3.83. The number of nitriles is 1. The number of aliphatic carboxylic acids is 1. The van der Waals surface area contributed by atoms with Gasteiger partial charge in [0.25, 0.3) is 0 Å². The van der Waals surface area contributed by atoms with Gasteiger partial charge in [-0.25, -0.2) is 14.4 Å². The van der Waals surface area contributed by atoms with Gasteiger partial charge in [0.2, 0.25) is 0 Å². The highest BCUT2D eigenvalue weighted by molar-refractivity contribution is 7.20. The molecule has 0 radical (unpaired) electrons. The molecule has 0 fully saturated rings. The standard InChI is InChI=1S/C27H25FN4O2S/c1-3-4-17-10-19(6-5-18(17)11-26(33)34)23-13-25(32-15-31-23)30-8-7-21-22-12-20(28)9-16(2)27(22)35-24(21)14-29/h5-6,9-10,12-13,15H,3-4,7-8,11H2,1-2H3,(H,33,34)(H,30,31,32). The van der Waals surface area contributed by atoms with Gasteiger partial charge in [-0.1, -0.05) is 25.5 Å². The number of halogens is 1. The molecular formula is C27H25FN4O2S. The first-order valence-corrected chi connectivity index (χ1v) is 12.2. The van der Waals surface area contributed by atoms with Gasteiger partial charge in [0.1, 0.15) is 28.9 Å². The Balaban J connectivity index is 1.53. The Bertz CT molecular complexity index is 1440. The minimum atomic E-state index is -0.848. The number of carboxylic acid groups (broad SMARTS) is 1. The minimum Gasteiger partial charge on any atom is -0.481 e. The van der Waals surface area contributed by atoms with Crippen molar-refractivity contribution in [1.82, 2.24) is 9.97 Å². The van der Waals surface area contributed by atoms with Crippen molar-refractivity contribution in [3.8, 4) is 17.3 Å². The zero-order valence-corrected chi connectivity index (χ0v) is 20.4. The number of carbonyl (C=O) groups is 1. The Morgan fingerprint density at radius 2 is 2.00 bits per heavy atom. The number of nitrogens with one attached hydrogen (secondary N) is 1. The molecule has 2 aromatic carbocycles. The predicted molar refractivity (Wildman–Crippen MR) is 136 cm³/mol. The lowest BCUT2D eigenvalue weighted by Gasteiger charge is -2.11. The number of nitrogens with zero attached hydrogens (tertiary/aromatic N) is 3. The SMILES string of the molecule is CCCc1cc(-c2cc(NCCc3c(C#N)sc4c(C)cc(F)cc34)ncn2)ccc1CC(=O)O. The number of anilines is 1. The Kier molecular flexibility index (Phi) is 7.37. The number of hydrogen-bond acceptors (Lipinski definition) is 6. The van der Waals surface area contributed by atoms with Crippen molar-refractivity contribution in [3.63, 3.8) is 0 Å². The molecule has 178 valence electrons. The first-order valence-electron chi connectivity index (χ1n) is 11.4. The number of aryl methyl sites for hydroxylation is 2. The van der Waals surface area contributed by atoms with Crippen molar-refractivity contribution in [2.45, 2.75) is 39.5 Å². The first-order chi connectivity index (χ1) is 16.9. The fourth-order valence-corrected chi connectivity index (χ4v) is 5.36. The molecule has 0 aliphatic carbocycles. The number of fused-ring (bicyclic) bond motifs is 1. The smallest absolute Gasteiger partial charge is 0.307 e. The van der Waals surface area contributed by atoms with E-state index in [0.717, 1.165) is 56.4 Å². The molecule has 0 saturated heterocycles. The van der Waals surface area contributed by atoms with E-state index in [1.54, 1.807) is 0 Å². The molecular weight excluding hydrogens is 463 g/mol. The van der Waals surface area contributed by atoms with E-state index in [9.17, 15) is 19.6 Å². The first kappa shape index (κ1) is 24.3. The Morgan fingerprint density at radius 1 is 1.17 bits per heavy atom. The monoisotopic (exact) mass is 488 g/mol. The van der Waals surface area contributed by atoms with E-state index in [1.807, 2.05) is 31.2 Å². The number of rotatable bonds is 9. The van der Waals surface area contributed by atoms with E-state index >= 15 is 0 Å². The summed E-state index contributed by atoms with van der Waals surface area (Å²) < 4.78 is 14.9. The van der Waals surface area contributed by atoms with Crippen LogP contribution in [0.4, 0.5) is 10.2 Å². The normalized spacial score (nSPS) is 10.9. The average Bonchev–Trinajstić information content (AvgIpc) is 3.18. The summed E-state index contributed by atoms with van der Waals surface area (Å²) in [7, 11) is 0. The maximum atomic E-state index is 14.0. The molecule has 0 saturated carbocycles. The lowest BCUT2D eigenvalue weighted by molar-refractivity contribution is -0.136. The van der Waals surface area contributed by atoms with Gasteiger partial charge >= 0.3 is 5.97 Å². The molecule has 0 unspecified atom stereocenters. The number of aromatic nitrogens is 2. The van der Waals surface area contributed by atoms with Gasteiger partial charge < -0.3 is 10.4 Å². The molecule has 0 amide bonds. The molecule has 0 spiro atoms. The summed E-state index contributed by atoms with van der Waals surface area (Å²) in [4.78, 5) is 20.5. The van der Waals surface area contributed by atoms with E-state index in [0.29, 0.717) is 23.7 Å². The second-order valence-electron chi connectivity index (χ2n) is 8.39. The van der Waals surface area contributed by atoms with Gasteiger partial charge in [-0.3, -0.25) is 4.79 Å². The summed E-state index contributed by atoms with van der Waals surface area (Å²) in [6.07, 6.45) is 3.75. The van der Waals surface area contributed by atoms with Crippen LogP contribution in [0.15, 0.2) is 42.7 Å². The van der Waals surface area contributed by atoms with Crippen LogP contribution in [0.5, 0.6) is 0 Å². The van der Waals surface area contributed by atoms with Crippen LogP contribution in [0, 0.1) is 24.1 Å². The van der Waals surface area contributed by atoms with Crippen LogP contribution in [0.3, 0.4) is 0 Å². The molecule has 2 heterocycles. The van der Waals surface area contributed by atoms with Crippen molar-refractivity contribution < 1.29 is 14.3 Å². The van der Waals surface area contributed by atoms with Crippen molar-refractivity contribution >= 4 is 33.2 Å². The third-order valence-corrected chi connectivity index (χ3v) is 7.14. The highest BCUT2D eigenvalue weighted by Crippen LogP contribution is 2.34. The average molecular weight is 489 g/mol. The van der Waals surface area contributed by atoms with Gasteiger partial charge in [0, 0.05) is 28.3 Å². The van der Waals surface area contributed by atoms with Crippen LogP contribution in [0.1, 0.15) is 40.5 Å². The van der Waals surface area contributed by atoms with Gasteiger partial charge in [-0.05, 0) is 60.2 Å². The molecule has 0 aliphatic rings. The highest BCUT2D eigenvalue weighted by Gasteiger charge is 2.15. The summed E-state index contributed by atoms with van der Waals surface area (Å²) in [6, 6.07) is 12.8. The third kappa shape index (κ3) is 5.47. The van der Waals surface area contributed by atoms with Crippen molar-refractivity contribution in [1.29, 1.82) is 5.26 Å². The van der Waals surface area contributed by atoms with Crippen LogP contribution >= 0.6 is 11.3 Å². The molecule has 4 aromatic rings. The lowest BCUT2D eigenvalue weighted by atomic mass is 9.97. The predicted octanol–water partition coefficient (Wildman–Crippen LogP) is 5.91. The van der Waals surface area contributed by atoms with Crippen molar-refractivity contribution in [3.05, 3.63) is 75.7 Å². The van der Waals surface area contributed by atoms with E-state index in [1.165, 1.54) is 29.8 Å². The van der Waals surface area contributed by atoms with Gasteiger partial charge in [0.05, 0.1) is 12.1 Å². The van der Waals surface area contributed by atoms with Crippen LogP contribution in [0.25, 0.3) is 21.3 Å². The second-order valence-corrected chi connectivity index (χ2v) is 9.41. The maximum Gasteiger partial charge on any atom is 0.307 e. The number of benzene rings is 2. The van der Waals surface area contributed by atoms with Crippen LogP contribution < -0.4 is 5.32 Å². The highest BCUT2D eigenvalue weighted by atomic mass is 32.1. The molecule has 0 aliphatic heterocycles. The van der Waals surface area contributed by atoms with Crippen LogP contribution in [-0.4, -0.2) is 27.6 Å². The largest absolute Gasteiger partial charge is 0.481 e. The second kappa shape index (κ2) is 10.6. The fourth-order valence-electron chi connectivity index (χ4n) is 4.26. The summed E-state index contributed by atoms with van der Waals surface area (Å²) in [6.45, 7) is 4.44. The van der Waals surface area contributed by atoms with Gasteiger partial charge in [0.15, 0.2) is 0 Å². The number of hydrogen-bond donors (Lipinski definition) is 2. The summed E-state index contributed by atoms with van der Waals surface area (Å²) in [5, 5.41) is 22.8. The minimum absolute atomic E-state index is 0.00241. The zero-order chi connectivity index (χ0) is 24.9.